The van der Waals surface area contributed by atoms with E-state index in [0.717, 1.165) is 5.56 Å². The summed E-state index contributed by atoms with van der Waals surface area (Å²) in [6.07, 6.45) is -1.36. The molecule has 6 nitrogen and oxygen atoms in total. The van der Waals surface area contributed by atoms with Gasteiger partial charge in [-0.15, -0.1) is 0 Å². The largest absolute Gasteiger partial charge is 0.477 e. The zero-order chi connectivity index (χ0) is 16.9. The highest BCUT2D eigenvalue weighted by Crippen LogP contribution is 2.32. The maximum atomic E-state index is 12.3. The lowest BCUT2D eigenvalue weighted by Crippen LogP contribution is -2.49. The van der Waals surface area contributed by atoms with Gasteiger partial charge in [0.25, 0.3) is 5.91 Å². The predicted molar refractivity (Wildman–Crippen MR) is 88.9 cm³/mol. The van der Waals surface area contributed by atoms with Crippen LogP contribution in [0.5, 0.6) is 5.75 Å². The summed E-state index contributed by atoms with van der Waals surface area (Å²) < 4.78 is 10.8. The monoisotopic (exact) mass is 326 g/mol. The molecule has 24 heavy (non-hydrogen) atoms. The first-order chi connectivity index (χ1) is 11.6. The molecule has 0 saturated heterocycles. The summed E-state index contributed by atoms with van der Waals surface area (Å²) in [5, 5.41) is 2.57. The molecule has 1 aliphatic heterocycles. The van der Waals surface area contributed by atoms with Crippen molar-refractivity contribution in [2.75, 3.05) is 18.5 Å². The molecule has 0 radical (unpaired) electrons. The van der Waals surface area contributed by atoms with E-state index in [1.807, 2.05) is 48.5 Å². The number of carbonyl (C=O) groups excluding carboxylic acids is 2. The molecule has 1 N–H and O–H groups in total. The van der Waals surface area contributed by atoms with E-state index < -0.39 is 12.2 Å². The van der Waals surface area contributed by atoms with Crippen LogP contribution in [-0.4, -0.2) is 31.7 Å². The average Bonchev–Trinajstić information content (AvgIpc) is 2.62. The number of hydrogen-bond acceptors (Lipinski definition) is 4. The van der Waals surface area contributed by atoms with Gasteiger partial charge in [-0.25, -0.2) is 4.79 Å². The van der Waals surface area contributed by atoms with Gasteiger partial charge in [0.2, 0.25) is 0 Å². The van der Waals surface area contributed by atoms with Gasteiger partial charge in [0.05, 0.1) is 12.2 Å². The van der Waals surface area contributed by atoms with Gasteiger partial charge in [-0.05, 0) is 17.7 Å². The Morgan fingerprint density at radius 1 is 1.17 bits per heavy atom. The number of rotatable bonds is 4. The molecule has 0 aliphatic carbocycles. The first-order valence-electron chi connectivity index (χ1n) is 7.63. The van der Waals surface area contributed by atoms with Gasteiger partial charge < -0.3 is 19.7 Å². The summed E-state index contributed by atoms with van der Waals surface area (Å²) in [6, 6.07) is 16.7. The molecule has 0 bridgehead atoms. The number of nitrogens with one attached hydrogen (secondary N) is 1. The lowest BCUT2D eigenvalue weighted by atomic mass is 10.2. The van der Waals surface area contributed by atoms with Gasteiger partial charge in [0, 0.05) is 7.05 Å². The smallest absolute Gasteiger partial charge is 0.407 e. The van der Waals surface area contributed by atoms with Crippen molar-refractivity contribution in [3.8, 4) is 5.75 Å². The minimum Gasteiger partial charge on any atom is -0.477 e. The highest BCUT2D eigenvalue weighted by molar-refractivity contribution is 5.99. The Hall–Kier alpha value is -3.02. The molecule has 6 heteroatoms. The Kier molecular flexibility index (Phi) is 4.65. The summed E-state index contributed by atoms with van der Waals surface area (Å²) in [4.78, 5) is 25.6. The lowest BCUT2D eigenvalue weighted by molar-refractivity contribution is -0.125. The summed E-state index contributed by atoms with van der Waals surface area (Å²) in [5.41, 5.74) is 1.61. The van der Waals surface area contributed by atoms with E-state index in [-0.39, 0.29) is 19.1 Å². The Bertz CT molecular complexity index is 733. The number of para-hydroxylation sites is 2. The standard InChI is InChI=1S/C18H18N2O4/c1-20-14-9-5-6-10-15(14)24-16(17(20)21)11-19-18(22)23-12-13-7-3-2-4-8-13/h2-10,16H,11-12H2,1H3,(H,19,22). The third kappa shape index (κ3) is 3.48. The zero-order valence-corrected chi connectivity index (χ0v) is 13.3. The van der Waals surface area contributed by atoms with Crippen LogP contribution >= 0.6 is 0 Å². The van der Waals surface area contributed by atoms with Crippen LogP contribution in [0, 0.1) is 0 Å². The SMILES string of the molecule is CN1C(=O)C(CNC(=O)OCc2ccccc2)Oc2ccccc21. The van der Waals surface area contributed by atoms with Crippen molar-refractivity contribution in [2.45, 2.75) is 12.7 Å². The fraction of sp³-hybridized carbons (Fsp3) is 0.222. The predicted octanol–water partition coefficient (Wildman–Crippen LogP) is 2.34. The van der Waals surface area contributed by atoms with E-state index in [4.69, 9.17) is 9.47 Å². The number of benzene rings is 2. The quantitative estimate of drug-likeness (QED) is 0.936. The van der Waals surface area contributed by atoms with Crippen LogP contribution in [0.1, 0.15) is 5.56 Å². The van der Waals surface area contributed by atoms with Crippen LogP contribution in [0.4, 0.5) is 10.5 Å². The molecule has 2 amide bonds. The number of hydrogen-bond donors (Lipinski definition) is 1. The van der Waals surface area contributed by atoms with Crippen molar-refractivity contribution in [2.24, 2.45) is 0 Å². The van der Waals surface area contributed by atoms with Crippen LogP contribution < -0.4 is 15.0 Å². The molecule has 2 aromatic carbocycles. The highest BCUT2D eigenvalue weighted by Gasteiger charge is 2.32. The van der Waals surface area contributed by atoms with E-state index >= 15 is 0 Å². The molecule has 1 unspecified atom stereocenters. The van der Waals surface area contributed by atoms with Gasteiger partial charge in [-0.3, -0.25) is 4.79 Å². The van der Waals surface area contributed by atoms with E-state index in [9.17, 15) is 9.59 Å². The van der Waals surface area contributed by atoms with Gasteiger partial charge in [0.15, 0.2) is 6.10 Å². The van der Waals surface area contributed by atoms with Gasteiger partial charge in [-0.2, -0.15) is 0 Å². The first kappa shape index (κ1) is 15.9. The molecule has 1 heterocycles. The van der Waals surface area contributed by atoms with Crippen LogP contribution in [0.3, 0.4) is 0 Å². The highest BCUT2D eigenvalue weighted by atomic mass is 16.5. The van der Waals surface area contributed by atoms with Crippen molar-refractivity contribution >= 4 is 17.7 Å². The van der Waals surface area contributed by atoms with E-state index in [2.05, 4.69) is 5.32 Å². The molecular weight excluding hydrogens is 308 g/mol. The van der Waals surface area contributed by atoms with Gasteiger partial charge in [-0.1, -0.05) is 42.5 Å². The fourth-order valence-electron chi connectivity index (χ4n) is 2.45. The van der Waals surface area contributed by atoms with Crippen LogP contribution in [-0.2, 0) is 16.1 Å². The van der Waals surface area contributed by atoms with Crippen LogP contribution in [0.15, 0.2) is 54.6 Å². The Balaban J connectivity index is 1.53. The first-order valence-corrected chi connectivity index (χ1v) is 7.63. The van der Waals surface area contributed by atoms with E-state index in [1.165, 1.54) is 4.90 Å². The molecule has 0 spiro atoms. The van der Waals surface area contributed by atoms with Crippen molar-refractivity contribution in [3.05, 3.63) is 60.2 Å². The maximum Gasteiger partial charge on any atom is 0.407 e. The molecule has 124 valence electrons. The Labute approximate surface area is 140 Å². The lowest BCUT2D eigenvalue weighted by Gasteiger charge is -2.31. The number of anilines is 1. The molecule has 0 saturated carbocycles. The second kappa shape index (κ2) is 7.04. The van der Waals surface area contributed by atoms with Crippen LogP contribution in [0.2, 0.25) is 0 Å². The van der Waals surface area contributed by atoms with Crippen LogP contribution in [0.25, 0.3) is 0 Å². The summed E-state index contributed by atoms with van der Waals surface area (Å²) >= 11 is 0. The molecule has 2 aromatic rings. The summed E-state index contributed by atoms with van der Waals surface area (Å²) in [5.74, 6) is 0.404. The maximum absolute atomic E-state index is 12.3. The minimum atomic E-state index is -0.769. The van der Waals surface area contributed by atoms with Crippen molar-refractivity contribution in [3.63, 3.8) is 0 Å². The number of carbonyl (C=O) groups is 2. The third-order valence-corrected chi connectivity index (χ3v) is 3.75. The zero-order valence-electron chi connectivity index (χ0n) is 13.3. The number of nitrogens with zero attached hydrogens (tertiary/aromatic N) is 1. The number of alkyl carbamates (subject to hydrolysis) is 1. The van der Waals surface area contributed by atoms with Gasteiger partial charge in [0.1, 0.15) is 12.4 Å². The number of amides is 2. The Morgan fingerprint density at radius 3 is 2.67 bits per heavy atom. The third-order valence-electron chi connectivity index (χ3n) is 3.75. The summed E-state index contributed by atoms with van der Waals surface area (Å²) in [6.45, 7) is 0.222. The molecule has 3 rings (SSSR count). The second-order valence-electron chi connectivity index (χ2n) is 5.41. The fourth-order valence-corrected chi connectivity index (χ4v) is 2.45. The topological polar surface area (TPSA) is 67.9 Å². The average molecular weight is 326 g/mol. The molecule has 1 aliphatic rings. The Morgan fingerprint density at radius 2 is 1.88 bits per heavy atom. The molecule has 0 aromatic heterocycles. The molecular formula is C18H18N2O4. The van der Waals surface area contributed by atoms with E-state index in [1.54, 1.807) is 13.1 Å². The normalized spacial score (nSPS) is 16.1. The second-order valence-corrected chi connectivity index (χ2v) is 5.41. The molecule has 0 fully saturated rings. The summed E-state index contributed by atoms with van der Waals surface area (Å²) in [7, 11) is 1.68. The van der Waals surface area contributed by atoms with Gasteiger partial charge >= 0.3 is 6.09 Å². The van der Waals surface area contributed by atoms with E-state index in [0.29, 0.717) is 11.4 Å². The van der Waals surface area contributed by atoms with Crippen molar-refractivity contribution in [1.82, 2.24) is 5.32 Å². The van der Waals surface area contributed by atoms with Crippen molar-refractivity contribution < 1.29 is 19.1 Å². The van der Waals surface area contributed by atoms with Crippen molar-refractivity contribution in [1.29, 1.82) is 0 Å². The minimum absolute atomic E-state index is 0.0468. The number of fused-ring (bicyclic) bond motifs is 1. The molecule has 1 atom stereocenters. The number of likely N-dealkylation sites (N-methyl/N-ethyl adjacent to an activating group) is 1. The number of ether oxygens (including phenoxy) is 2.